The van der Waals surface area contributed by atoms with Crippen molar-refractivity contribution in [2.75, 3.05) is 18.4 Å². The van der Waals surface area contributed by atoms with E-state index in [2.05, 4.69) is 15.2 Å². The molecule has 1 saturated heterocycles. The molecule has 0 unspecified atom stereocenters. The fourth-order valence-electron chi connectivity index (χ4n) is 3.47. The van der Waals surface area contributed by atoms with Gasteiger partial charge in [0.2, 0.25) is 5.91 Å². The molecule has 2 aromatic heterocycles. The van der Waals surface area contributed by atoms with Crippen molar-refractivity contribution in [2.24, 2.45) is 0 Å². The number of carbonyl (C=O) groups excluding carboxylic acids is 1. The second-order valence-corrected chi connectivity index (χ2v) is 8.02. The fourth-order valence-corrected chi connectivity index (χ4v) is 4.19. The Morgan fingerprint density at radius 1 is 1.11 bits per heavy atom. The molecule has 4 rings (SSSR count). The molecular weight excluding hydrogens is 370 g/mol. The molecule has 0 bridgehead atoms. The third-order valence-electron chi connectivity index (χ3n) is 4.95. The minimum atomic E-state index is -0.0310. The number of thiazole rings is 1. The van der Waals surface area contributed by atoms with Crippen LogP contribution in [-0.2, 0) is 17.8 Å². The van der Waals surface area contributed by atoms with Crippen LogP contribution in [0.25, 0.3) is 11.3 Å². The average molecular weight is 396 g/mol. The number of likely N-dealkylation sites (tertiary alicyclic amines) is 1. The minimum absolute atomic E-state index is 0.0310. The Hall–Kier alpha value is -2.44. The molecule has 146 valence electrons. The lowest BCUT2D eigenvalue weighted by Gasteiger charge is -2.25. The smallest absolute Gasteiger partial charge is 0.226 e. The van der Waals surface area contributed by atoms with Crippen LogP contribution in [0.4, 0.5) is 5.13 Å². The summed E-state index contributed by atoms with van der Waals surface area (Å²) in [5, 5.41) is 5.64. The number of aryl methyl sites for hydroxylation is 1. The van der Waals surface area contributed by atoms with Gasteiger partial charge in [0.05, 0.1) is 5.69 Å². The number of anilines is 1. The minimum Gasteiger partial charge on any atom is -0.461 e. The summed E-state index contributed by atoms with van der Waals surface area (Å²) in [4.78, 5) is 19.3. The van der Waals surface area contributed by atoms with Crippen LogP contribution in [0, 0.1) is 0 Å². The Bertz CT molecular complexity index is 897. The molecular formula is C22H25N3O2S. The summed E-state index contributed by atoms with van der Waals surface area (Å²) in [6.07, 6.45) is 4.82. The predicted octanol–water partition coefficient (Wildman–Crippen LogP) is 4.96. The van der Waals surface area contributed by atoms with Crippen LogP contribution >= 0.6 is 11.3 Å². The molecule has 5 nitrogen and oxygen atoms in total. The number of hydrogen-bond acceptors (Lipinski definition) is 5. The highest BCUT2D eigenvalue weighted by Gasteiger charge is 2.13. The van der Waals surface area contributed by atoms with Gasteiger partial charge < -0.3 is 9.73 Å². The molecule has 0 spiro atoms. The summed E-state index contributed by atoms with van der Waals surface area (Å²) < 4.78 is 5.86. The Labute approximate surface area is 169 Å². The first kappa shape index (κ1) is 18.9. The molecule has 0 saturated carbocycles. The van der Waals surface area contributed by atoms with Crippen LogP contribution < -0.4 is 5.32 Å². The van der Waals surface area contributed by atoms with E-state index in [9.17, 15) is 4.79 Å². The number of rotatable bonds is 7. The Morgan fingerprint density at radius 2 is 1.93 bits per heavy atom. The van der Waals surface area contributed by atoms with Crippen LogP contribution in [0.3, 0.4) is 0 Å². The highest BCUT2D eigenvalue weighted by atomic mass is 32.1. The van der Waals surface area contributed by atoms with E-state index in [1.54, 1.807) is 0 Å². The van der Waals surface area contributed by atoms with Gasteiger partial charge in [0.15, 0.2) is 5.13 Å². The summed E-state index contributed by atoms with van der Waals surface area (Å²) >= 11 is 1.50. The fraction of sp³-hybridized carbons (Fsp3) is 0.364. The zero-order valence-corrected chi connectivity index (χ0v) is 16.7. The third kappa shape index (κ3) is 5.09. The highest BCUT2D eigenvalue weighted by molar-refractivity contribution is 7.13. The number of furan rings is 1. The third-order valence-corrected chi connectivity index (χ3v) is 5.76. The van der Waals surface area contributed by atoms with E-state index >= 15 is 0 Å². The second-order valence-electron chi connectivity index (χ2n) is 7.16. The van der Waals surface area contributed by atoms with Crippen LogP contribution in [0.15, 0.2) is 52.3 Å². The van der Waals surface area contributed by atoms with Gasteiger partial charge in [-0.15, -0.1) is 11.3 Å². The number of aromatic nitrogens is 1. The predicted molar refractivity (Wildman–Crippen MR) is 112 cm³/mol. The summed E-state index contributed by atoms with van der Waals surface area (Å²) in [5.41, 5.74) is 2.09. The lowest BCUT2D eigenvalue weighted by Crippen LogP contribution is -2.29. The van der Waals surface area contributed by atoms with E-state index in [-0.39, 0.29) is 5.91 Å². The van der Waals surface area contributed by atoms with Crippen molar-refractivity contribution < 1.29 is 9.21 Å². The van der Waals surface area contributed by atoms with Crippen molar-refractivity contribution >= 4 is 22.4 Å². The maximum atomic E-state index is 12.3. The van der Waals surface area contributed by atoms with E-state index in [4.69, 9.17) is 4.42 Å². The monoisotopic (exact) mass is 395 g/mol. The first-order chi connectivity index (χ1) is 13.8. The van der Waals surface area contributed by atoms with Crippen molar-refractivity contribution in [1.29, 1.82) is 0 Å². The largest absolute Gasteiger partial charge is 0.461 e. The summed E-state index contributed by atoms with van der Waals surface area (Å²) in [7, 11) is 0. The first-order valence-electron chi connectivity index (χ1n) is 9.87. The van der Waals surface area contributed by atoms with Gasteiger partial charge in [-0.3, -0.25) is 9.69 Å². The van der Waals surface area contributed by atoms with Gasteiger partial charge in [0.1, 0.15) is 11.5 Å². The standard InChI is InChI=1S/C22H25N3O2S/c26-21(12-10-19-9-11-20(27-19)17-7-3-1-4-8-17)24-22-23-18(16-28-22)15-25-13-5-2-6-14-25/h1,3-4,7-9,11,16H,2,5-6,10,12-15H2,(H,23,24,26). The van der Waals surface area contributed by atoms with E-state index < -0.39 is 0 Å². The number of amides is 1. The van der Waals surface area contributed by atoms with Crippen molar-refractivity contribution in [3.05, 3.63) is 59.3 Å². The molecule has 3 heterocycles. The Kier molecular flexibility index (Phi) is 6.19. The maximum Gasteiger partial charge on any atom is 0.226 e. The molecule has 1 fully saturated rings. The maximum absolute atomic E-state index is 12.3. The number of nitrogens with zero attached hydrogens (tertiary/aromatic N) is 2. The molecule has 0 radical (unpaired) electrons. The summed E-state index contributed by atoms with van der Waals surface area (Å²) in [6, 6.07) is 13.9. The molecule has 1 aliphatic rings. The van der Waals surface area contributed by atoms with Crippen molar-refractivity contribution in [3.8, 4) is 11.3 Å². The van der Waals surface area contributed by atoms with Crippen molar-refractivity contribution in [2.45, 2.75) is 38.6 Å². The van der Waals surface area contributed by atoms with Crippen LogP contribution in [0.2, 0.25) is 0 Å². The Balaban J connectivity index is 1.25. The van der Waals surface area contributed by atoms with Crippen LogP contribution in [-0.4, -0.2) is 28.9 Å². The first-order valence-corrected chi connectivity index (χ1v) is 10.7. The Morgan fingerprint density at radius 3 is 2.75 bits per heavy atom. The SMILES string of the molecule is O=C(CCc1ccc(-c2ccccc2)o1)Nc1nc(CN2CCCCC2)cs1. The van der Waals surface area contributed by atoms with E-state index in [0.717, 1.165) is 42.4 Å². The molecule has 0 atom stereocenters. The summed E-state index contributed by atoms with van der Waals surface area (Å²) in [6.45, 7) is 3.17. The van der Waals surface area contributed by atoms with Crippen molar-refractivity contribution in [1.82, 2.24) is 9.88 Å². The topological polar surface area (TPSA) is 58.4 Å². The lowest BCUT2D eigenvalue weighted by atomic mass is 10.1. The molecule has 1 amide bonds. The second kappa shape index (κ2) is 9.17. The van der Waals surface area contributed by atoms with Crippen LogP contribution in [0.5, 0.6) is 0 Å². The quantitative estimate of drug-likeness (QED) is 0.614. The van der Waals surface area contributed by atoms with Gasteiger partial charge in [0.25, 0.3) is 0 Å². The zero-order valence-electron chi connectivity index (χ0n) is 15.9. The molecule has 0 aliphatic carbocycles. The molecule has 3 aromatic rings. The average Bonchev–Trinajstić information content (AvgIpc) is 3.38. The van der Waals surface area contributed by atoms with Gasteiger partial charge in [0, 0.05) is 30.3 Å². The van der Waals surface area contributed by atoms with Gasteiger partial charge in [-0.05, 0) is 38.1 Å². The zero-order chi connectivity index (χ0) is 19.2. The highest BCUT2D eigenvalue weighted by Crippen LogP contribution is 2.23. The van der Waals surface area contributed by atoms with E-state index in [0.29, 0.717) is 18.0 Å². The van der Waals surface area contributed by atoms with Crippen LogP contribution in [0.1, 0.15) is 37.1 Å². The van der Waals surface area contributed by atoms with E-state index in [1.165, 1.54) is 30.6 Å². The van der Waals surface area contributed by atoms with Gasteiger partial charge in [-0.1, -0.05) is 36.8 Å². The lowest BCUT2D eigenvalue weighted by molar-refractivity contribution is -0.116. The molecule has 6 heteroatoms. The van der Waals surface area contributed by atoms with Gasteiger partial charge >= 0.3 is 0 Å². The number of hydrogen-bond donors (Lipinski definition) is 1. The molecule has 1 N–H and O–H groups in total. The molecule has 28 heavy (non-hydrogen) atoms. The molecule has 1 aliphatic heterocycles. The normalized spacial score (nSPS) is 14.9. The van der Waals surface area contributed by atoms with Gasteiger partial charge in [-0.25, -0.2) is 4.98 Å². The number of carbonyl (C=O) groups is 1. The molecule has 1 aromatic carbocycles. The summed E-state index contributed by atoms with van der Waals surface area (Å²) in [5.74, 6) is 1.62. The number of benzene rings is 1. The van der Waals surface area contributed by atoms with E-state index in [1.807, 2.05) is 47.8 Å². The van der Waals surface area contributed by atoms with Gasteiger partial charge in [-0.2, -0.15) is 0 Å². The number of nitrogens with one attached hydrogen (secondary N) is 1. The number of piperidine rings is 1. The van der Waals surface area contributed by atoms with Crippen molar-refractivity contribution in [3.63, 3.8) is 0 Å².